The van der Waals surface area contributed by atoms with Gasteiger partial charge in [-0.05, 0) is 49.6 Å². The average Bonchev–Trinajstić information content (AvgIpc) is 2.91. The van der Waals surface area contributed by atoms with Gasteiger partial charge in [-0.3, -0.25) is 19.0 Å². The molecule has 2 aromatic carbocycles. The first kappa shape index (κ1) is 26.8. The molecule has 4 rings (SSSR count). The van der Waals surface area contributed by atoms with Crippen LogP contribution in [-0.2, 0) is 22.3 Å². The van der Waals surface area contributed by atoms with E-state index >= 15 is 0 Å². The van der Waals surface area contributed by atoms with Gasteiger partial charge in [-0.2, -0.15) is 23.0 Å². The molecule has 38 heavy (non-hydrogen) atoms. The van der Waals surface area contributed by atoms with Crippen LogP contribution in [0, 0.1) is 5.92 Å². The number of hydrogen-bond acceptors (Lipinski definition) is 6. The number of aromatic nitrogens is 3. The van der Waals surface area contributed by atoms with Crippen molar-refractivity contribution in [3.05, 3.63) is 92.3 Å². The summed E-state index contributed by atoms with van der Waals surface area (Å²) in [4.78, 5) is 53.7. The number of amides is 1. The number of carbonyl (C=O) groups excluding carboxylic acids is 2. The van der Waals surface area contributed by atoms with Crippen LogP contribution in [0.4, 0.5) is 13.2 Å². The summed E-state index contributed by atoms with van der Waals surface area (Å²) in [7, 11) is 0. The Morgan fingerprint density at radius 2 is 1.82 bits per heavy atom. The molecule has 0 saturated carbocycles. The molecule has 3 aromatic rings. The van der Waals surface area contributed by atoms with E-state index in [9.17, 15) is 32.3 Å². The van der Waals surface area contributed by atoms with E-state index in [1.807, 2.05) is 0 Å². The molecule has 0 spiro atoms. The molecular weight excluding hydrogens is 505 g/mol. The topological polar surface area (TPSA) is 104 Å². The third kappa shape index (κ3) is 5.68. The van der Waals surface area contributed by atoms with Gasteiger partial charge in [0.15, 0.2) is 0 Å². The predicted molar refractivity (Wildman–Crippen MR) is 130 cm³/mol. The van der Waals surface area contributed by atoms with Crippen LogP contribution < -0.4 is 11.2 Å². The second-order valence-corrected chi connectivity index (χ2v) is 8.81. The van der Waals surface area contributed by atoms with Gasteiger partial charge in [0.2, 0.25) is 5.69 Å². The number of piperidine rings is 1. The van der Waals surface area contributed by atoms with Crippen molar-refractivity contribution >= 4 is 11.9 Å². The van der Waals surface area contributed by atoms with Crippen molar-refractivity contribution in [3.8, 4) is 5.69 Å². The Hall–Kier alpha value is -4.22. The number of likely N-dealkylation sites (tertiary alicyclic amines) is 1. The summed E-state index contributed by atoms with van der Waals surface area (Å²) in [6.45, 7) is 1.62. The van der Waals surface area contributed by atoms with Gasteiger partial charge in [0.25, 0.3) is 11.5 Å². The van der Waals surface area contributed by atoms with Crippen molar-refractivity contribution in [3.63, 3.8) is 0 Å². The molecule has 1 aliphatic heterocycles. The van der Waals surface area contributed by atoms with Crippen molar-refractivity contribution in [1.29, 1.82) is 0 Å². The largest absolute Gasteiger partial charge is 0.466 e. The zero-order valence-electron chi connectivity index (χ0n) is 20.5. The highest BCUT2D eigenvalue weighted by molar-refractivity contribution is 5.92. The third-order valence-corrected chi connectivity index (χ3v) is 6.19. The van der Waals surface area contributed by atoms with Crippen LogP contribution in [0.1, 0.15) is 41.4 Å². The standard InChI is InChI=1S/C26H25F3N4O5/c1-2-38-24(36)18-9-7-13-31(16-18)22(34)21-23(35)32(15-17-8-6-10-19(14-17)26(27,28)29)25(37)33(30-21)20-11-4-3-5-12-20/h3-6,8,10-12,14,18H,2,7,9,13,15-16H2,1H3. The number of hydrogen-bond donors (Lipinski definition) is 0. The molecule has 1 fully saturated rings. The molecule has 1 aromatic heterocycles. The zero-order valence-corrected chi connectivity index (χ0v) is 20.5. The van der Waals surface area contributed by atoms with E-state index in [2.05, 4.69) is 5.10 Å². The Balaban J connectivity index is 1.78. The Bertz CT molecular complexity index is 1450. The maximum absolute atomic E-state index is 13.5. The van der Waals surface area contributed by atoms with E-state index in [0.717, 1.165) is 16.8 Å². The first-order valence-electron chi connectivity index (χ1n) is 12.0. The van der Waals surface area contributed by atoms with Gasteiger partial charge in [-0.1, -0.05) is 30.3 Å². The Morgan fingerprint density at radius 1 is 1.08 bits per heavy atom. The first-order chi connectivity index (χ1) is 18.1. The molecule has 1 saturated heterocycles. The molecule has 9 nitrogen and oxygen atoms in total. The monoisotopic (exact) mass is 530 g/mol. The van der Waals surface area contributed by atoms with Crippen molar-refractivity contribution in [2.24, 2.45) is 5.92 Å². The van der Waals surface area contributed by atoms with E-state index in [4.69, 9.17) is 4.74 Å². The van der Waals surface area contributed by atoms with Crippen LogP contribution in [0.5, 0.6) is 0 Å². The summed E-state index contributed by atoms with van der Waals surface area (Å²) in [6.07, 6.45) is -3.61. The van der Waals surface area contributed by atoms with Crippen molar-refractivity contribution in [2.75, 3.05) is 19.7 Å². The van der Waals surface area contributed by atoms with Crippen LogP contribution in [0.2, 0.25) is 0 Å². The maximum atomic E-state index is 13.5. The summed E-state index contributed by atoms with van der Waals surface area (Å²) in [5, 5.41) is 4.07. The van der Waals surface area contributed by atoms with Crippen LogP contribution in [0.15, 0.2) is 64.2 Å². The summed E-state index contributed by atoms with van der Waals surface area (Å²) >= 11 is 0. The number of esters is 1. The minimum absolute atomic E-state index is 0.0108. The van der Waals surface area contributed by atoms with Crippen LogP contribution in [-0.4, -0.2) is 50.8 Å². The number of ether oxygens (including phenoxy) is 1. The van der Waals surface area contributed by atoms with Crippen molar-refractivity contribution < 1.29 is 27.5 Å². The zero-order chi connectivity index (χ0) is 27.4. The number of alkyl halides is 3. The average molecular weight is 531 g/mol. The molecule has 200 valence electrons. The lowest BCUT2D eigenvalue weighted by Gasteiger charge is -2.31. The third-order valence-electron chi connectivity index (χ3n) is 6.19. The lowest BCUT2D eigenvalue weighted by molar-refractivity contribution is -0.149. The SMILES string of the molecule is CCOC(=O)C1CCCN(C(=O)c2nn(-c3ccccc3)c(=O)n(Cc3cccc(C(F)(F)F)c3)c2=O)C1. The highest BCUT2D eigenvalue weighted by Gasteiger charge is 2.33. The Morgan fingerprint density at radius 3 is 2.50 bits per heavy atom. The second kappa shape index (κ2) is 11.0. The minimum atomic E-state index is -4.62. The summed E-state index contributed by atoms with van der Waals surface area (Å²) in [6, 6.07) is 12.3. The lowest BCUT2D eigenvalue weighted by Crippen LogP contribution is -2.49. The van der Waals surface area contributed by atoms with Crippen molar-refractivity contribution in [1.82, 2.24) is 19.2 Å². The van der Waals surface area contributed by atoms with Gasteiger partial charge in [0.1, 0.15) is 0 Å². The van der Waals surface area contributed by atoms with Gasteiger partial charge in [0, 0.05) is 13.1 Å². The van der Waals surface area contributed by atoms with Gasteiger partial charge < -0.3 is 9.64 Å². The fourth-order valence-electron chi connectivity index (χ4n) is 4.32. The van der Waals surface area contributed by atoms with E-state index in [-0.39, 0.29) is 30.9 Å². The molecular formula is C26H25F3N4O5. The highest BCUT2D eigenvalue weighted by atomic mass is 19.4. The van der Waals surface area contributed by atoms with Crippen LogP contribution >= 0.6 is 0 Å². The number of nitrogens with zero attached hydrogens (tertiary/aromatic N) is 4. The Kier molecular flexibility index (Phi) is 7.79. The second-order valence-electron chi connectivity index (χ2n) is 8.81. The predicted octanol–water partition coefficient (Wildman–Crippen LogP) is 2.88. The molecule has 1 amide bonds. The van der Waals surface area contributed by atoms with Gasteiger partial charge in [-0.15, -0.1) is 0 Å². The van der Waals surface area contributed by atoms with E-state index in [1.54, 1.807) is 37.3 Å². The molecule has 2 heterocycles. The smallest absolute Gasteiger partial charge is 0.416 e. The van der Waals surface area contributed by atoms with Gasteiger partial charge in [-0.25, -0.2) is 4.79 Å². The number of halogens is 3. The van der Waals surface area contributed by atoms with E-state index in [1.165, 1.54) is 17.0 Å². The number of rotatable bonds is 6. The minimum Gasteiger partial charge on any atom is -0.466 e. The van der Waals surface area contributed by atoms with Crippen LogP contribution in [0.25, 0.3) is 5.69 Å². The molecule has 1 unspecified atom stereocenters. The number of para-hydroxylation sites is 1. The number of benzene rings is 2. The molecule has 0 bridgehead atoms. The summed E-state index contributed by atoms with van der Waals surface area (Å²) in [5.74, 6) is -1.80. The molecule has 12 heteroatoms. The first-order valence-corrected chi connectivity index (χ1v) is 12.0. The normalized spacial score (nSPS) is 15.8. The quantitative estimate of drug-likeness (QED) is 0.454. The van der Waals surface area contributed by atoms with Gasteiger partial charge in [0.05, 0.1) is 30.3 Å². The molecule has 0 N–H and O–H groups in total. The summed E-state index contributed by atoms with van der Waals surface area (Å²) in [5.41, 5.74) is -3.17. The van der Waals surface area contributed by atoms with E-state index < -0.39 is 53.0 Å². The lowest BCUT2D eigenvalue weighted by atomic mass is 9.98. The highest BCUT2D eigenvalue weighted by Crippen LogP contribution is 2.29. The number of carbonyl (C=O) groups is 2. The summed E-state index contributed by atoms with van der Waals surface area (Å²) < 4.78 is 46.3. The van der Waals surface area contributed by atoms with E-state index in [0.29, 0.717) is 17.4 Å². The fourth-order valence-corrected chi connectivity index (χ4v) is 4.32. The molecule has 0 radical (unpaired) electrons. The maximum Gasteiger partial charge on any atom is 0.416 e. The van der Waals surface area contributed by atoms with Crippen molar-refractivity contribution in [2.45, 2.75) is 32.5 Å². The molecule has 1 atom stereocenters. The molecule has 1 aliphatic rings. The van der Waals surface area contributed by atoms with Gasteiger partial charge >= 0.3 is 17.8 Å². The Labute approximate surface area is 215 Å². The fraction of sp³-hybridized carbons (Fsp3) is 0.346. The van der Waals surface area contributed by atoms with Crippen LogP contribution in [0.3, 0.4) is 0 Å². The molecule has 0 aliphatic carbocycles.